The maximum Gasteiger partial charge on any atom is 0.276 e. The van der Waals surface area contributed by atoms with Gasteiger partial charge in [0.1, 0.15) is 0 Å². The van der Waals surface area contributed by atoms with E-state index in [4.69, 9.17) is 0 Å². The Morgan fingerprint density at radius 2 is 1.54 bits per heavy atom. The Morgan fingerprint density at radius 1 is 0.892 bits per heavy atom. The van der Waals surface area contributed by atoms with Crippen LogP contribution in [0, 0.1) is 17.0 Å². The zero-order valence-electron chi connectivity index (χ0n) is 19.8. The maximum absolute atomic E-state index is 12.9. The van der Waals surface area contributed by atoms with Gasteiger partial charge < -0.3 is 4.57 Å². The van der Waals surface area contributed by atoms with Crippen molar-refractivity contribution in [2.24, 2.45) is 5.10 Å². The molecule has 5 aromatic rings. The number of para-hydroxylation sites is 2. The van der Waals surface area contributed by atoms with Gasteiger partial charge in [-0.1, -0.05) is 72.8 Å². The highest BCUT2D eigenvalue weighted by Crippen LogP contribution is 2.35. The lowest BCUT2D eigenvalue weighted by molar-refractivity contribution is -0.385. The predicted molar refractivity (Wildman–Crippen MR) is 144 cm³/mol. The first-order valence-electron chi connectivity index (χ1n) is 11.4. The highest BCUT2D eigenvalue weighted by molar-refractivity contribution is 7.89. The van der Waals surface area contributed by atoms with Crippen molar-refractivity contribution in [2.75, 3.05) is 0 Å². The minimum Gasteiger partial charge on any atom is -0.309 e. The van der Waals surface area contributed by atoms with E-state index in [1.54, 1.807) is 6.92 Å². The van der Waals surface area contributed by atoms with Crippen molar-refractivity contribution >= 4 is 32.8 Å². The maximum atomic E-state index is 12.9. The van der Waals surface area contributed by atoms with Crippen LogP contribution < -0.4 is 4.83 Å². The van der Waals surface area contributed by atoms with Crippen LogP contribution >= 0.6 is 0 Å². The van der Waals surface area contributed by atoms with E-state index in [9.17, 15) is 18.5 Å². The third-order valence-electron chi connectivity index (χ3n) is 6.03. The van der Waals surface area contributed by atoms with Gasteiger partial charge in [-0.2, -0.15) is 13.5 Å². The zero-order valence-corrected chi connectivity index (χ0v) is 20.6. The molecular weight excluding hydrogens is 488 g/mol. The monoisotopic (exact) mass is 510 g/mol. The summed E-state index contributed by atoms with van der Waals surface area (Å²) in [5.74, 6) is 0. The molecular formula is C28H22N4O4S. The fourth-order valence-corrected chi connectivity index (χ4v) is 5.10. The first-order chi connectivity index (χ1) is 17.9. The second-order valence-electron chi connectivity index (χ2n) is 8.37. The van der Waals surface area contributed by atoms with Gasteiger partial charge >= 0.3 is 0 Å². The van der Waals surface area contributed by atoms with Gasteiger partial charge in [-0.05, 0) is 36.8 Å². The van der Waals surface area contributed by atoms with Crippen LogP contribution in [-0.2, 0) is 10.0 Å². The Morgan fingerprint density at radius 3 is 2.24 bits per heavy atom. The number of hydrogen-bond donors (Lipinski definition) is 1. The number of nitro benzene ring substituents is 1. The molecule has 184 valence electrons. The molecule has 0 fully saturated rings. The predicted octanol–water partition coefficient (Wildman–Crippen LogP) is 5.83. The van der Waals surface area contributed by atoms with E-state index in [1.807, 2.05) is 84.9 Å². The van der Waals surface area contributed by atoms with E-state index < -0.39 is 14.9 Å². The van der Waals surface area contributed by atoms with Crippen LogP contribution in [0.5, 0.6) is 0 Å². The van der Waals surface area contributed by atoms with Crippen molar-refractivity contribution in [2.45, 2.75) is 11.8 Å². The summed E-state index contributed by atoms with van der Waals surface area (Å²) in [6.45, 7) is 1.55. The third-order valence-corrected chi connectivity index (χ3v) is 7.25. The van der Waals surface area contributed by atoms with Crippen molar-refractivity contribution < 1.29 is 13.3 Å². The summed E-state index contributed by atoms with van der Waals surface area (Å²) in [5.41, 5.74) is 4.49. The van der Waals surface area contributed by atoms with E-state index in [1.165, 1.54) is 18.3 Å². The minimum absolute atomic E-state index is 0.239. The first-order valence-corrected chi connectivity index (χ1v) is 12.9. The number of rotatable bonds is 7. The summed E-state index contributed by atoms with van der Waals surface area (Å²) in [4.78, 5) is 12.6. The summed E-state index contributed by atoms with van der Waals surface area (Å²) in [6, 6.07) is 31.2. The van der Waals surface area contributed by atoms with E-state index in [0.29, 0.717) is 5.56 Å². The van der Waals surface area contributed by atoms with Crippen LogP contribution in [-0.4, -0.2) is 24.1 Å². The normalized spacial score (nSPS) is 11.7. The van der Waals surface area contributed by atoms with Crippen LogP contribution in [0.1, 0.15) is 11.1 Å². The van der Waals surface area contributed by atoms with Crippen LogP contribution in [0.25, 0.3) is 27.8 Å². The molecule has 0 atom stereocenters. The molecule has 0 spiro atoms. The Labute approximate surface area is 213 Å². The largest absolute Gasteiger partial charge is 0.309 e. The van der Waals surface area contributed by atoms with E-state index in [-0.39, 0.29) is 10.6 Å². The number of nitrogens with zero attached hydrogens (tertiary/aromatic N) is 3. The van der Waals surface area contributed by atoms with E-state index in [0.717, 1.165) is 39.5 Å². The van der Waals surface area contributed by atoms with Crippen LogP contribution in [0.3, 0.4) is 0 Å². The molecule has 0 aliphatic rings. The Kier molecular flexibility index (Phi) is 6.29. The van der Waals surface area contributed by atoms with Gasteiger partial charge in [0.25, 0.3) is 15.7 Å². The average molecular weight is 511 g/mol. The molecule has 0 radical (unpaired) electrons. The van der Waals surface area contributed by atoms with Crippen molar-refractivity contribution in [3.63, 3.8) is 0 Å². The lowest BCUT2D eigenvalue weighted by atomic mass is 10.1. The molecule has 37 heavy (non-hydrogen) atoms. The SMILES string of the molecule is Cc1ccc(S(=O)(=O)N/N=C/c2c(-c3ccccc3)n(-c3ccccc3)c3ccccc23)cc1[N+](=O)[O-]. The van der Waals surface area contributed by atoms with Gasteiger partial charge in [0.15, 0.2) is 0 Å². The number of nitro groups is 1. The molecule has 0 saturated carbocycles. The number of fused-ring (bicyclic) bond motifs is 1. The summed E-state index contributed by atoms with van der Waals surface area (Å²) < 4.78 is 27.9. The molecule has 1 heterocycles. The highest BCUT2D eigenvalue weighted by Gasteiger charge is 2.21. The number of aromatic nitrogens is 1. The Hall–Kier alpha value is -4.76. The second kappa shape index (κ2) is 9.71. The molecule has 0 saturated heterocycles. The van der Waals surface area contributed by atoms with E-state index >= 15 is 0 Å². The molecule has 0 aliphatic carbocycles. The van der Waals surface area contributed by atoms with E-state index in [2.05, 4.69) is 14.5 Å². The fourth-order valence-electron chi connectivity index (χ4n) is 4.29. The van der Waals surface area contributed by atoms with Crippen molar-refractivity contribution in [3.05, 3.63) is 124 Å². The molecule has 0 aliphatic heterocycles. The van der Waals surface area contributed by atoms with Gasteiger partial charge in [0, 0.05) is 28.3 Å². The summed E-state index contributed by atoms with van der Waals surface area (Å²) in [5, 5.41) is 16.2. The van der Waals surface area contributed by atoms with Crippen molar-refractivity contribution in [1.29, 1.82) is 0 Å². The molecule has 8 nitrogen and oxygen atoms in total. The number of aryl methyl sites for hydroxylation is 1. The molecule has 1 aromatic heterocycles. The van der Waals surface area contributed by atoms with Crippen LogP contribution in [0.15, 0.2) is 113 Å². The summed E-state index contributed by atoms with van der Waals surface area (Å²) >= 11 is 0. The Balaban J connectivity index is 1.63. The lowest BCUT2D eigenvalue weighted by Crippen LogP contribution is -2.18. The number of sulfonamides is 1. The first kappa shape index (κ1) is 24.0. The standard InChI is InChI=1S/C28H22N4O4S/c1-20-16-17-23(18-27(20)32(33)34)37(35,36)30-29-19-25-24-14-8-9-15-26(24)31(22-12-6-3-7-13-22)28(25)21-10-4-2-5-11-21/h2-19,30H,1H3/b29-19+. The third kappa shape index (κ3) is 4.60. The van der Waals surface area contributed by atoms with Gasteiger partial charge in [0.2, 0.25) is 0 Å². The van der Waals surface area contributed by atoms with Crippen LogP contribution in [0.2, 0.25) is 0 Å². The molecule has 9 heteroatoms. The van der Waals surface area contributed by atoms with Gasteiger partial charge in [-0.25, -0.2) is 4.83 Å². The summed E-state index contributed by atoms with van der Waals surface area (Å²) in [6.07, 6.45) is 1.48. The Bertz CT molecular complexity index is 1750. The van der Waals surface area contributed by atoms with Crippen molar-refractivity contribution in [3.8, 4) is 16.9 Å². The topological polar surface area (TPSA) is 107 Å². The van der Waals surface area contributed by atoms with Gasteiger partial charge in [-0.3, -0.25) is 10.1 Å². The molecule has 0 unspecified atom stereocenters. The second-order valence-corrected chi connectivity index (χ2v) is 10.0. The smallest absolute Gasteiger partial charge is 0.276 e. The van der Waals surface area contributed by atoms with Crippen molar-refractivity contribution in [1.82, 2.24) is 9.40 Å². The lowest BCUT2D eigenvalue weighted by Gasteiger charge is -2.12. The fraction of sp³-hybridized carbons (Fsp3) is 0.0357. The zero-order chi connectivity index (χ0) is 26.0. The highest BCUT2D eigenvalue weighted by atomic mass is 32.2. The molecule has 5 rings (SSSR count). The molecule has 4 aromatic carbocycles. The number of hydrogen-bond acceptors (Lipinski definition) is 5. The minimum atomic E-state index is -4.14. The quantitative estimate of drug-likeness (QED) is 0.169. The van der Waals surface area contributed by atoms with Gasteiger partial charge in [0.05, 0.1) is 27.2 Å². The number of nitrogens with one attached hydrogen (secondary N) is 1. The molecule has 0 bridgehead atoms. The average Bonchev–Trinajstić information content (AvgIpc) is 3.24. The summed E-state index contributed by atoms with van der Waals surface area (Å²) in [7, 11) is -4.14. The molecule has 1 N–H and O–H groups in total. The number of hydrazone groups is 1. The van der Waals surface area contributed by atoms with Gasteiger partial charge in [-0.15, -0.1) is 0 Å². The number of benzene rings is 4. The van der Waals surface area contributed by atoms with Crippen LogP contribution in [0.4, 0.5) is 5.69 Å². The molecule has 0 amide bonds.